The van der Waals surface area contributed by atoms with Gasteiger partial charge in [0.05, 0.1) is 9.40 Å². The average molecular weight is 363 g/mol. The molecule has 0 saturated carbocycles. The topological polar surface area (TPSA) is 89.3 Å². The third-order valence-corrected chi connectivity index (χ3v) is 4.10. The van der Waals surface area contributed by atoms with Crippen LogP contribution >= 0.6 is 15.9 Å². The van der Waals surface area contributed by atoms with Crippen molar-refractivity contribution in [2.45, 2.75) is 19.4 Å². The van der Waals surface area contributed by atoms with E-state index in [1.54, 1.807) is 13.2 Å². The minimum Gasteiger partial charge on any atom is -0.350 e. The fraction of sp³-hybridized carbons (Fsp3) is 0.417. The van der Waals surface area contributed by atoms with Crippen LogP contribution in [0.5, 0.6) is 0 Å². The Labute approximate surface area is 127 Å². The van der Waals surface area contributed by atoms with Crippen LogP contribution in [0.4, 0.5) is 5.69 Å². The highest BCUT2D eigenvalue weighted by atomic mass is 79.9. The first-order chi connectivity index (χ1) is 9.31. The summed E-state index contributed by atoms with van der Waals surface area (Å²) >= 11 is 3.06. The summed E-state index contributed by atoms with van der Waals surface area (Å²) in [6.45, 7) is 1.80. The average Bonchev–Trinajstić information content (AvgIpc) is 2.36. The lowest BCUT2D eigenvalue weighted by molar-refractivity contribution is -0.385. The van der Waals surface area contributed by atoms with Crippen molar-refractivity contribution in [2.24, 2.45) is 0 Å². The van der Waals surface area contributed by atoms with Gasteiger partial charge in [0.15, 0.2) is 0 Å². The van der Waals surface area contributed by atoms with Crippen molar-refractivity contribution in [1.82, 2.24) is 5.32 Å². The highest BCUT2D eigenvalue weighted by Crippen LogP contribution is 2.25. The van der Waals surface area contributed by atoms with Crippen LogP contribution in [-0.2, 0) is 10.8 Å². The molecule has 0 radical (unpaired) electrons. The number of nitrogens with zero attached hydrogens (tertiary/aromatic N) is 1. The molecule has 2 unspecified atom stereocenters. The number of carbonyl (C=O) groups excluding carboxylic acids is 1. The molecule has 0 aliphatic carbocycles. The number of benzene rings is 1. The first kappa shape index (κ1) is 16.8. The molecule has 0 aliphatic rings. The summed E-state index contributed by atoms with van der Waals surface area (Å²) in [6, 6.07) is 4.06. The van der Waals surface area contributed by atoms with Crippen LogP contribution in [0.1, 0.15) is 23.7 Å². The molecule has 1 aromatic rings. The van der Waals surface area contributed by atoms with Gasteiger partial charge in [0.25, 0.3) is 11.6 Å². The number of hydrogen-bond acceptors (Lipinski definition) is 4. The first-order valence-electron chi connectivity index (χ1n) is 5.86. The molecule has 1 aromatic carbocycles. The van der Waals surface area contributed by atoms with Gasteiger partial charge >= 0.3 is 0 Å². The second kappa shape index (κ2) is 7.49. The number of nitro groups is 1. The maximum Gasteiger partial charge on any atom is 0.284 e. The number of rotatable bonds is 6. The molecular formula is C12H15BrN2O4S. The van der Waals surface area contributed by atoms with E-state index in [1.165, 1.54) is 18.2 Å². The van der Waals surface area contributed by atoms with Gasteiger partial charge in [0, 0.05) is 40.5 Å². The molecule has 6 nitrogen and oxygen atoms in total. The normalized spacial score (nSPS) is 13.6. The zero-order valence-corrected chi connectivity index (χ0v) is 13.5. The minimum absolute atomic E-state index is 0.144. The zero-order chi connectivity index (χ0) is 15.3. The summed E-state index contributed by atoms with van der Waals surface area (Å²) in [4.78, 5) is 22.2. The molecule has 0 aliphatic heterocycles. The van der Waals surface area contributed by atoms with Gasteiger partial charge in [0.1, 0.15) is 0 Å². The molecule has 0 bridgehead atoms. The van der Waals surface area contributed by atoms with Gasteiger partial charge in [-0.2, -0.15) is 0 Å². The van der Waals surface area contributed by atoms with E-state index in [2.05, 4.69) is 21.2 Å². The summed E-state index contributed by atoms with van der Waals surface area (Å²) in [5.74, 6) is 0.122. The maximum atomic E-state index is 12.0. The smallest absolute Gasteiger partial charge is 0.284 e. The SMILES string of the molecule is CC(CCS(C)=O)NC(=O)c1ccc(Br)c([N+](=O)[O-])c1. The molecular weight excluding hydrogens is 348 g/mol. The largest absolute Gasteiger partial charge is 0.350 e. The Kier molecular flexibility index (Phi) is 6.28. The van der Waals surface area contributed by atoms with Crippen molar-refractivity contribution in [3.05, 3.63) is 38.3 Å². The number of amides is 1. The van der Waals surface area contributed by atoms with E-state index < -0.39 is 15.7 Å². The monoisotopic (exact) mass is 362 g/mol. The number of carbonyl (C=O) groups is 1. The van der Waals surface area contributed by atoms with Gasteiger partial charge in [0.2, 0.25) is 0 Å². The molecule has 1 rings (SSSR count). The summed E-state index contributed by atoms with van der Waals surface area (Å²) in [5, 5.41) is 13.5. The van der Waals surface area contributed by atoms with E-state index in [0.717, 1.165) is 0 Å². The molecule has 0 heterocycles. The van der Waals surface area contributed by atoms with Crippen LogP contribution in [0.2, 0.25) is 0 Å². The van der Waals surface area contributed by atoms with E-state index in [1.807, 2.05) is 0 Å². The summed E-state index contributed by atoms with van der Waals surface area (Å²) in [7, 11) is -0.905. The Morgan fingerprint density at radius 1 is 1.55 bits per heavy atom. The molecule has 110 valence electrons. The number of halogens is 1. The highest BCUT2D eigenvalue weighted by molar-refractivity contribution is 9.10. The van der Waals surface area contributed by atoms with E-state index in [4.69, 9.17) is 0 Å². The Bertz CT molecular complexity index is 550. The third kappa shape index (κ3) is 5.01. The van der Waals surface area contributed by atoms with Crippen molar-refractivity contribution >= 4 is 38.3 Å². The van der Waals surface area contributed by atoms with Crippen molar-refractivity contribution < 1.29 is 13.9 Å². The van der Waals surface area contributed by atoms with Crippen LogP contribution in [0.25, 0.3) is 0 Å². The maximum absolute atomic E-state index is 12.0. The molecule has 1 N–H and O–H groups in total. The van der Waals surface area contributed by atoms with Crippen molar-refractivity contribution in [3.63, 3.8) is 0 Å². The zero-order valence-electron chi connectivity index (χ0n) is 11.1. The molecule has 8 heteroatoms. The van der Waals surface area contributed by atoms with E-state index in [9.17, 15) is 19.1 Å². The Hall–Kier alpha value is -1.28. The highest BCUT2D eigenvalue weighted by Gasteiger charge is 2.17. The van der Waals surface area contributed by atoms with Gasteiger partial charge < -0.3 is 5.32 Å². The van der Waals surface area contributed by atoms with Crippen LogP contribution in [0.3, 0.4) is 0 Å². The lowest BCUT2D eigenvalue weighted by Gasteiger charge is -2.13. The van der Waals surface area contributed by atoms with Crippen LogP contribution in [0.15, 0.2) is 22.7 Å². The lowest BCUT2D eigenvalue weighted by Crippen LogP contribution is -2.33. The fourth-order valence-electron chi connectivity index (χ4n) is 1.52. The van der Waals surface area contributed by atoms with Gasteiger partial charge in [-0.05, 0) is 41.4 Å². The summed E-state index contributed by atoms with van der Waals surface area (Å²) in [6.07, 6.45) is 2.19. The predicted octanol–water partition coefficient (Wildman–Crippen LogP) is 2.24. The lowest BCUT2D eigenvalue weighted by atomic mass is 10.1. The summed E-state index contributed by atoms with van der Waals surface area (Å²) in [5.41, 5.74) is 0.0735. The van der Waals surface area contributed by atoms with Gasteiger partial charge in [-0.1, -0.05) is 0 Å². The van der Waals surface area contributed by atoms with Crippen molar-refractivity contribution in [2.75, 3.05) is 12.0 Å². The second-order valence-corrected chi connectivity index (χ2v) is 6.77. The second-order valence-electron chi connectivity index (χ2n) is 4.36. The molecule has 0 spiro atoms. The van der Waals surface area contributed by atoms with Crippen molar-refractivity contribution in [3.8, 4) is 0 Å². The van der Waals surface area contributed by atoms with E-state index in [-0.39, 0.29) is 23.2 Å². The third-order valence-electron chi connectivity index (χ3n) is 2.62. The molecule has 0 fully saturated rings. The predicted molar refractivity (Wildman–Crippen MR) is 81.3 cm³/mol. The number of hydrogen-bond donors (Lipinski definition) is 1. The molecule has 0 saturated heterocycles. The molecule has 20 heavy (non-hydrogen) atoms. The Balaban J connectivity index is 2.75. The molecule has 0 aromatic heterocycles. The van der Waals surface area contributed by atoms with E-state index >= 15 is 0 Å². The molecule has 1 amide bonds. The number of nitro benzene ring substituents is 1. The quantitative estimate of drug-likeness (QED) is 0.620. The van der Waals surface area contributed by atoms with Crippen LogP contribution in [-0.4, -0.2) is 33.1 Å². The van der Waals surface area contributed by atoms with Crippen LogP contribution in [0, 0.1) is 10.1 Å². The first-order valence-corrected chi connectivity index (χ1v) is 8.38. The Morgan fingerprint density at radius 3 is 2.75 bits per heavy atom. The van der Waals surface area contributed by atoms with Gasteiger partial charge in [-0.15, -0.1) is 0 Å². The van der Waals surface area contributed by atoms with E-state index in [0.29, 0.717) is 16.6 Å². The Morgan fingerprint density at radius 2 is 2.20 bits per heavy atom. The standard InChI is InChI=1S/C12H15BrN2O4S/c1-8(5-6-20(2)19)14-12(16)9-3-4-10(13)11(7-9)15(17)18/h3-4,7-8H,5-6H2,1-2H3,(H,14,16). The number of nitrogens with one attached hydrogen (secondary N) is 1. The minimum atomic E-state index is -0.905. The summed E-state index contributed by atoms with van der Waals surface area (Å²) < 4.78 is 11.3. The molecule has 2 atom stereocenters. The van der Waals surface area contributed by atoms with Gasteiger partial charge in [-0.3, -0.25) is 19.1 Å². The van der Waals surface area contributed by atoms with Gasteiger partial charge in [-0.25, -0.2) is 0 Å². The fourth-order valence-corrected chi connectivity index (χ4v) is 2.59. The van der Waals surface area contributed by atoms with Crippen molar-refractivity contribution in [1.29, 1.82) is 0 Å². The van der Waals surface area contributed by atoms with Crippen LogP contribution < -0.4 is 5.32 Å².